The molecular weight excluding hydrogens is 254 g/mol. The SMILES string of the molecule is CCN(CCC(=O)O)S(=O)(=O)CC1CCCCC1. The Hall–Kier alpha value is -0.620. The van der Waals surface area contributed by atoms with Gasteiger partial charge in [0.2, 0.25) is 10.0 Å². The van der Waals surface area contributed by atoms with Crippen molar-refractivity contribution in [2.24, 2.45) is 5.92 Å². The molecule has 0 radical (unpaired) electrons. The standard InChI is InChI=1S/C12H23NO4S/c1-2-13(9-8-12(14)15)18(16,17)10-11-6-4-3-5-7-11/h11H,2-10H2,1H3,(H,14,15). The number of carboxylic acid groups (broad SMARTS) is 1. The molecule has 0 heterocycles. The fourth-order valence-corrected chi connectivity index (χ4v) is 4.37. The predicted octanol–water partition coefficient (Wildman–Crippen LogP) is 1.69. The molecule has 0 unspecified atom stereocenters. The fraction of sp³-hybridized carbons (Fsp3) is 0.917. The number of carbonyl (C=O) groups is 1. The molecule has 0 spiro atoms. The molecule has 0 saturated heterocycles. The number of nitrogens with zero attached hydrogens (tertiary/aromatic N) is 1. The predicted molar refractivity (Wildman–Crippen MR) is 69.9 cm³/mol. The normalized spacial score (nSPS) is 18.1. The van der Waals surface area contributed by atoms with Crippen molar-refractivity contribution in [1.82, 2.24) is 4.31 Å². The first-order chi connectivity index (χ1) is 8.45. The molecule has 0 atom stereocenters. The maximum absolute atomic E-state index is 12.2. The van der Waals surface area contributed by atoms with E-state index < -0.39 is 16.0 Å². The van der Waals surface area contributed by atoms with Gasteiger partial charge in [-0.2, -0.15) is 0 Å². The van der Waals surface area contributed by atoms with E-state index in [1.165, 1.54) is 10.7 Å². The average molecular weight is 277 g/mol. The summed E-state index contributed by atoms with van der Waals surface area (Å²) in [5.41, 5.74) is 0. The summed E-state index contributed by atoms with van der Waals surface area (Å²) in [4.78, 5) is 10.5. The maximum Gasteiger partial charge on any atom is 0.304 e. The Morgan fingerprint density at radius 3 is 2.39 bits per heavy atom. The molecule has 1 aliphatic rings. The second kappa shape index (κ2) is 7.09. The highest BCUT2D eigenvalue weighted by Gasteiger charge is 2.26. The van der Waals surface area contributed by atoms with E-state index in [0.717, 1.165) is 25.7 Å². The summed E-state index contributed by atoms with van der Waals surface area (Å²) in [6.07, 6.45) is 5.26. The van der Waals surface area contributed by atoms with Gasteiger partial charge in [-0.1, -0.05) is 26.2 Å². The average Bonchev–Trinajstić information content (AvgIpc) is 2.29. The van der Waals surface area contributed by atoms with Crippen LogP contribution in [0.3, 0.4) is 0 Å². The van der Waals surface area contributed by atoms with E-state index in [9.17, 15) is 13.2 Å². The third-order valence-electron chi connectivity index (χ3n) is 3.49. The molecule has 0 aromatic carbocycles. The van der Waals surface area contributed by atoms with Crippen LogP contribution in [0.15, 0.2) is 0 Å². The van der Waals surface area contributed by atoms with Gasteiger partial charge in [-0.3, -0.25) is 4.79 Å². The van der Waals surface area contributed by atoms with Crippen LogP contribution in [-0.2, 0) is 14.8 Å². The van der Waals surface area contributed by atoms with E-state index in [2.05, 4.69) is 0 Å². The van der Waals surface area contributed by atoms with Gasteiger partial charge >= 0.3 is 5.97 Å². The first-order valence-electron chi connectivity index (χ1n) is 6.65. The minimum atomic E-state index is -3.30. The summed E-state index contributed by atoms with van der Waals surface area (Å²) in [5, 5.41) is 8.62. The monoisotopic (exact) mass is 277 g/mol. The number of aliphatic carboxylic acids is 1. The number of carboxylic acids is 1. The lowest BCUT2D eigenvalue weighted by Crippen LogP contribution is -2.37. The first kappa shape index (κ1) is 15.4. The Balaban J connectivity index is 2.55. The molecule has 1 saturated carbocycles. The Labute approximate surface area is 109 Å². The van der Waals surface area contributed by atoms with Crippen LogP contribution in [-0.4, -0.2) is 42.6 Å². The second-order valence-electron chi connectivity index (χ2n) is 4.92. The van der Waals surface area contributed by atoms with Gasteiger partial charge in [0.15, 0.2) is 0 Å². The molecule has 18 heavy (non-hydrogen) atoms. The van der Waals surface area contributed by atoms with Crippen molar-refractivity contribution in [2.45, 2.75) is 45.4 Å². The van der Waals surface area contributed by atoms with Crippen LogP contribution in [0.4, 0.5) is 0 Å². The number of rotatable bonds is 7. The summed E-state index contributed by atoms with van der Waals surface area (Å²) in [7, 11) is -3.30. The van der Waals surface area contributed by atoms with Crippen molar-refractivity contribution in [3.63, 3.8) is 0 Å². The van der Waals surface area contributed by atoms with Gasteiger partial charge in [0.05, 0.1) is 12.2 Å². The van der Waals surface area contributed by atoms with E-state index in [1.54, 1.807) is 6.92 Å². The quantitative estimate of drug-likeness (QED) is 0.768. The van der Waals surface area contributed by atoms with E-state index in [0.29, 0.717) is 6.54 Å². The molecule has 5 nitrogen and oxygen atoms in total. The number of hydrogen-bond donors (Lipinski definition) is 1. The third kappa shape index (κ3) is 4.94. The molecule has 0 aromatic heterocycles. The van der Waals surface area contributed by atoms with Gasteiger partial charge in [-0.25, -0.2) is 12.7 Å². The van der Waals surface area contributed by atoms with E-state index in [4.69, 9.17) is 5.11 Å². The molecule has 106 valence electrons. The summed E-state index contributed by atoms with van der Waals surface area (Å²) in [6, 6.07) is 0. The van der Waals surface area contributed by atoms with Crippen LogP contribution in [0.5, 0.6) is 0 Å². The molecule has 0 amide bonds. The summed E-state index contributed by atoms with van der Waals surface area (Å²) < 4.78 is 25.7. The van der Waals surface area contributed by atoms with Gasteiger partial charge in [0.25, 0.3) is 0 Å². The smallest absolute Gasteiger partial charge is 0.304 e. The largest absolute Gasteiger partial charge is 0.481 e. The van der Waals surface area contributed by atoms with Gasteiger partial charge in [0.1, 0.15) is 0 Å². The zero-order chi connectivity index (χ0) is 13.6. The lowest BCUT2D eigenvalue weighted by atomic mass is 9.91. The molecule has 1 aliphatic carbocycles. The number of sulfonamides is 1. The first-order valence-corrected chi connectivity index (χ1v) is 8.26. The van der Waals surface area contributed by atoms with Gasteiger partial charge < -0.3 is 5.11 Å². The van der Waals surface area contributed by atoms with E-state index in [1.807, 2.05) is 0 Å². The van der Waals surface area contributed by atoms with Crippen LogP contribution in [0.2, 0.25) is 0 Å². The van der Waals surface area contributed by atoms with E-state index in [-0.39, 0.29) is 24.6 Å². The minimum Gasteiger partial charge on any atom is -0.481 e. The minimum absolute atomic E-state index is 0.0842. The van der Waals surface area contributed by atoms with Crippen molar-refractivity contribution in [3.05, 3.63) is 0 Å². The zero-order valence-corrected chi connectivity index (χ0v) is 11.8. The second-order valence-corrected chi connectivity index (χ2v) is 6.93. The molecule has 1 N–H and O–H groups in total. The highest BCUT2D eigenvalue weighted by atomic mass is 32.2. The van der Waals surface area contributed by atoms with Crippen LogP contribution < -0.4 is 0 Å². The maximum atomic E-state index is 12.2. The van der Waals surface area contributed by atoms with Crippen molar-refractivity contribution >= 4 is 16.0 Å². The molecule has 6 heteroatoms. The van der Waals surface area contributed by atoms with Crippen molar-refractivity contribution in [2.75, 3.05) is 18.8 Å². The van der Waals surface area contributed by atoms with Crippen LogP contribution in [0.1, 0.15) is 45.4 Å². The number of hydrogen-bond acceptors (Lipinski definition) is 3. The van der Waals surface area contributed by atoms with E-state index >= 15 is 0 Å². The fourth-order valence-electron chi connectivity index (χ4n) is 2.47. The Morgan fingerprint density at radius 2 is 1.89 bits per heavy atom. The van der Waals surface area contributed by atoms with Gasteiger partial charge in [0, 0.05) is 13.1 Å². The van der Waals surface area contributed by atoms with Crippen molar-refractivity contribution < 1.29 is 18.3 Å². The Morgan fingerprint density at radius 1 is 1.28 bits per heavy atom. The summed E-state index contributed by atoms with van der Waals surface area (Å²) in [6.45, 7) is 2.18. The molecule has 0 aliphatic heterocycles. The summed E-state index contributed by atoms with van der Waals surface area (Å²) in [5.74, 6) is -0.524. The third-order valence-corrected chi connectivity index (χ3v) is 5.61. The van der Waals surface area contributed by atoms with Gasteiger partial charge in [-0.15, -0.1) is 0 Å². The highest BCUT2D eigenvalue weighted by molar-refractivity contribution is 7.89. The zero-order valence-electron chi connectivity index (χ0n) is 11.0. The van der Waals surface area contributed by atoms with Crippen molar-refractivity contribution in [3.8, 4) is 0 Å². The Kier molecular flexibility index (Phi) is 6.08. The highest BCUT2D eigenvalue weighted by Crippen LogP contribution is 2.25. The van der Waals surface area contributed by atoms with Crippen LogP contribution >= 0.6 is 0 Å². The molecular formula is C12H23NO4S. The van der Waals surface area contributed by atoms with Gasteiger partial charge in [-0.05, 0) is 18.8 Å². The molecule has 1 rings (SSSR count). The molecule has 1 fully saturated rings. The van der Waals surface area contributed by atoms with Crippen LogP contribution in [0.25, 0.3) is 0 Å². The summed E-state index contributed by atoms with van der Waals surface area (Å²) >= 11 is 0. The van der Waals surface area contributed by atoms with Crippen molar-refractivity contribution in [1.29, 1.82) is 0 Å². The Bertz CT molecular complexity index is 360. The molecule has 0 aromatic rings. The topological polar surface area (TPSA) is 74.7 Å². The molecule has 0 bridgehead atoms. The lowest BCUT2D eigenvalue weighted by Gasteiger charge is -2.25. The lowest BCUT2D eigenvalue weighted by molar-refractivity contribution is -0.137. The van der Waals surface area contributed by atoms with Crippen LogP contribution in [0, 0.1) is 5.92 Å².